The van der Waals surface area contributed by atoms with Crippen LogP contribution in [0.4, 0.5) is 40.6 Å². The monoisotopic (exact) mass is 645 g/mol. The number of hydrogen-bond donors (Lipinski definition) is 3. The minimum absolute atomic E-state index is 0.0251. The summed E-state index contributed by atoms with van der Waals surface area (Å²) in [6.45, 7) is 0.996. The summed E-state index contributed by atoms with van der Waals surface area (Å²) < 4.78 is 84.7. The Kier molecular flexibility index (Phi) is 6.69. The van der Waals surface area contributed by atoms with Crippen molar-refractivity contribution < 1.29 is 55.6 Å². The molecule has 1 saturated heterocycles. The summed E-state index contributed by atoms with van der Waals surface area (Å²) in [5.41, 5.74) is -0.926. The fourth-order valence-electron chi connectivity index (χ4n) is 4.63. The zero-order valence-electron chi connectivity index (χ0n) is 23.2. The Morgan fingerprint density at radius 2 is 1.59 bits per heavy atom. The molecular formula is C27H19F4N7O8. The van der Waals surface area contributed by atoms with Crippen LogP contribution in [0.3, 0.4) is 0 Å². The third kappa shape index (κ3) is 5.47. The molecule has 3 N–H and O–H groups in total. The van der Waals surface area contributed by atoms with Gasteiger partial charge in [0.25, 0.3) is 11.8 Å². The van der Waals surface area contributed by atoms with E-state index in [-0.39, 0.29) is 51.7 Å². The van der Waals surface area contributed by atoms with Crippen molar-refractivity contribution in [3.63, 3.8) is 0 Å². The standard InChI is InChI=1S/C27H19F4N7O8/c1-41-25-21(22(32-11-33-25)36-20-4-5-38(37-20)13-9-42-10-13)24(40)35-15-8-19-18(45-27(30,31)46-19)7-14(15)23(39)34-12-2-3-16-17(6-12)44-26(28,29)43-16/h2-8,11,13H,9-10H2,1H3,(H,34,39)(H,35,40)(H,32,33,36,37). The summed E-state index contributed by atoms with van der Waals surface area (Å²) in [6.07, 6.45) is -5.10. The van der Waals surface area contributed by atoms with Crippen LogP contribution in [0.25, 0.3) is 0 Å². The van der Waals surface area contributed by atoms with Gasteiger partial charge in [0.2, 0.25) is 5.88 Å². The van der Waals surface area contributed by atoms with E-state index >= 15 is 0 Å². The summed E-state index contributed by atoms with van der Waals surface area (Å²) in [7, 11) is 1.26. The van der Waals surface area contributed by atoms with Crippen molar-refractivity contribution in [1.29, 1.82) is 0 Å². The van der Waals surface area contributed by atoms with E-state index in [2.05, 4.69) is 50.0 Å². The number of alkyl halides is 4. The molecule has 46 heavy (non-hydrogen) atoms. The molecule has 3 aliphatic rings. The Morgan fingerprint density at radius 1 is 0.891 bits per heavy atom. The van der Waals surface area contributed by atoms with Gasteiger partial charge in [-0.3, -0.25) is 14.3 Å². The van der Waals surface area contributed by atoms with Gasteiger partial charge in [0.1, 0.15) is 11.9 Å². The fourth-order valence-corrected chi connectivity index (χ4v) is 4.63. The number of benzene rings is 2. The lowest BCUT2D eigenvalue weighted by molar-refractivity contribution is -0.287. The molecule has 19 heteroatoms. The maximum Gasteiger partial charge on any atom is 0.586 e. The molecule has 0 radical (unpaired) electrons. The van der Waals surface area contributed by atoms with Crippen LogP contribution >= 0.6 is 0 Å². The van der Waals surface area contributed by atoms with E-state index in [1.54, 1.807) is 16.9 Å². The van der Waals surface area contributed by atoms with Crippen molar-refractivity contribution >= 4 is 34.8 Å². The number of nitrogens with zero attached hydrogens (tertiary/aromatic N) is 4. The Hall–Kier alpha value is -5.85. The first-order valence-corrected chi connectivity index (χ1v) is 13.2. The predicted molar refractivity (Wildman–Crippen MR) is 145 cm³/mol. The molecule has 0 saturated carbocycles. The Labute approximate surface area is 254 Å². The van der Waals surface area contributed by atoms with Gasteiger partial charge in [0.05, 0.1) is 37.6 Å². The van der Waals surface area contributed by atoms with Gasteiger partial charge in [0.15, 0.2) is 34.6 Å². The van der Waals surface area contributed by atoms with E-state index in [9.17, 15) is 27.2 Å². The topological polar surface area (TPSA) is 169 Å². The molecule has 0 bridgehead atoms. The number of halogens is 4. The summed E-state index contributed by atoms with van der Waals surface area (Å²) in [5.74, 6) is -3.37. The first kappa shape index (κ1) is 28.9. The summed E-state index contributed by atoms with van der Waals surface area (Å²) in [5, 5.41) is 12.2. The van der Waals surface area contributed by atoms with Crippen molar-refractivity contribution in [2.45, 2.75) is 18.6 Å². The van der Waals surface area contributed by atoms with Crippen molar-refractivity contribution in [1.82, 2.24) is 19.7 Å². The van der Waals surface area contributed by atoms with Gasteiger partial charge in [-0.05, 0) is 18.2 Å². The lowest BCUT2D eigenvalue weighted by atomic mass is 10.1. The van der Waals surface area contributed by atoms with Crippen molar-refractivity contribution in [2.24, 2.45) is 0 Å². The first-order chi connectivity index (χ1) is 22.0. The van der Waals surface area contributed by atoms with Crippen LogP contribution < -0.4 is 39.6 Å². The van der Waals surface area contributed by atoms with E-state index in [4.69, 9.17) is 9.47 Å². The highest BCUT2D eigenvalue weighted by Gasteiger charge is 2.45. The molecule has 15 nitrogen and oxygen atoms in total. The molecule has 2 aromatic carbocycles. The van der Waals surface area contributed by atoms with Gasteiger partial charge in [0, 0.05) is 30.1 Å². The van der Waals surface area contributed by atoms with Gasteiger partial charge >= 0.3 is 12.6 Å². The number of carbonyl (C=O) groups excluding carboxylic acids is 2. The fraction of sp³-hybridized carbons (Fsp3) is 0.222. The van der Waals surface area contributed by atoms with Gasteiger partial charge in [-0.2, -0.15) is 5.10 Å². The third-order valence-electron chi connectivity index (χ3n) is 6.78. The number of methoxy groups -OCH3 is 1. The van der Waals surface area contributed by atoms with E-state index in [1.165, 1.54) is 13.2 Å². The van der Waals surface area contributed by atoms with Crippen LogP contribution in [0, 0.1) is 0 Å². The molecule has 3 aliphatic heterocycles. The largest absolute Gasteiger partial charge is 0.586 e. The van der Waals surface area contributed by atoms with E-state index in [1.807, 2.05) is 0 Å². The summed E-state index contributed by atoms with van der Waals surface area (Å²) in [6, 6.07) is 7.01. The minimum Gasteiger partial charge on any atom is -0.480 e. The van der Waals surface area contributed by atoms with Gasteiger partial charge < -0.3 is 44.4 Å². The van der Waals surface area contributed by atoms with Crippen molar-refractivity contribution in [3.05, 3.63) is 60.0 Å². The van der Waals surface area contributed by atoms with Gasteiger partial charge in [-0.1, -0.05) is 0 Å². The zero-order chi connectivity index (χ0) is 32.2. The maximum atomic E-state index is 13.9. The number of ether oxygens (including phenoxy) is 6. The molecule has 0 aliphatic carbocycles. The Morgan fingerprint density at radius 3 is 2.28 bits per heavy atom. The lowest BCUT2D eigenvalue weighted by Gasteiger charge is -2.25. The lowest BCUT2D eigenvalue weighted by Crippen LogP contribution is -2.30. The second-order valence-corrected chi connectivity index (χ2v) is 9.85. The number of aromatic nitrogens is 4. The molecule has 5 heterocycles. The third-order valence-corrected chi connectivity index (χ3v) is 6.78. The van der Waals surface area contributed by atoms with E-state index < -0.39 is 35.9 Å². The molecule has 4 aromatic rings. The minimum atomic E-state index is -4.05. The highest BCUT2D eigenvalue weighted by atomic mass is 19.3. The molecular weight excluding hydrogens is 626 g/mol. The predicted octanol–water partition coefficient (Wildman–Crippen LogP) is 4.14. The highest BCUT2D eigenvalue weighted by Crippen LogP contribution is 2.45. The molecule has 0 atom stereocenters. The summed E-state index contributed by atoms with van der Waals surface area (Å²) in [4.78, 5) is 35.2. The van der Waals surface area contributed by atoms with Crippen LogP contribution in [0.1, 0.15) is 26.8 Å². The van der Waals surface area contributed by atoms with Crippen LogP contribution in [0.2, 0.25) is 0 Å². The number of hydrogen-bond acceptors (Lipinski definition) is 12. The SMILES string of the molecule is COc1ncnc(Nc2ccn(C3COC3)n2)c1C(=O)Nc1cc2c(cc1C(=O)Nc1ccc3c(c1)OC(F)(F)O3)OC(F)(F)O2. The zero-order valence-corrected chi connectivity index (χ0v) is 23.2. The van der Waals surface area contributed by atoms with E-state index in [0.29, 0.717) is 19.0 Å². The van der Waals surface area contributed by atoms with Crippen molar-refractivity contribution in [3.8, 4) is 28.9 Å². The second-order valence-electron chi connectivity index (χ2n) is 9.85. The summed E-state index contributed by atoms with van der Waals surface area (Å²) >= 11 is 0. The van der Waals surface area contributed by atoms with Crippen LogP contribution in [0.15, 0.2) is 48.9 Å². The van der Waals surface area contributed by atoms with Crippen molar-refractivity contribution in [2.75, 3.05) is 36.3 Å². The smallest absolute Gasteiger partial charge is 0.480 e. The number of nitrogens with one attached hydrogen (secondary N) is 3. The number of anilines is 4. The molecule has 1 fully saturated rings. The number of carbonyl (C=O) groups is 2. The second kappa shape index (κ2) is 10.6. The van der Waals surface area contributed by atoms with Crippen LogP contribution in [0.5, 0.6) is 28.9 Å². The highest BCUT2D eigenvalue weighted by molar-refractivity contribution is 6.15. The molecule has 0 spiro atoms. The van der Waals surface area contributed by atoms with Gasteiger partial charge in [-0.15, -0.1) is 17.6 Å². The molecule has 2 amide bonds. The number of fused-ring (bicyclic) bond motifs is 2. The maximum absolute atomic E-state index is 13.9. The normalized spacial score (nSPS) is 16.8. The quantitative estimate of drug-likeness (QED) is 0.235. The molecule has 0 unspecified atom stereocenters. The van der Waals surface area contributed by atoms with Gasteiger partial charge in [-0.25, -0.2) is 9.97 Å². The number of amides is 2. The van der Waals surface area contributed by atoms with E-state index in [0.717, 1.165) is 30.6 Å². The molecule has 238 valence electrons. The first-order valence-electron chi connectivity index (χ1n) is 13.2. The van der Waals surface area contributed by atoms with Crippen LogP contribution in [-0.2, 0) is 4.74 Å². The average molecular weight is 645 g/mol. The average Bonchev–Trinajstić information content (AvgIpc) is 3.63. The van der Waals surface area contributed by atoms with Crippen LogP contribution in [-0.4, -0.2) is 64.5 Å². The Balaban J connectivity index is 1.19. The Bertz CT molecular complexity index is 1880. The number of rotatable bonds is 8. The molecule has 7 rings (SSSR count). The molecule has 2 aromatic heterocycles.